The van der Waals surface area contributed by atoms with Crippen LogP contribution >= 0.6 is 0 Å². The molecule has 5 heteroatoms. The van der Waals surface area contributed by atoms with Gasteiger partial charge in [0.05, 0.1) is 0 Å². The number of aromatic nitrogens is 2. The van der Waals surface area contributed by atoms with Gasteiger partial charge in [-0.05, 0) is 50.1 Å². The Kier molecular flexibility index (Phi) is 5.27. The largest absolute Gasteiger partial charge is 0.449 e. The normalized spacial score (nSPS) is 12.3. The van der Waals surface area contributed by atoms with Gasteiger partial charge in [0.15, 0.2) is 6.10 Å². The molecule has 3 aromatic rings. The monoisotopic (exact) mass is 348 g/mol. The van der Waals surface area contributed by atoms with Gasteiger partial charge in [0.2, 0.25) is 5.89 Å². The van der Waals surface area contributed by atoms with E-state index in [0.717, 1.165) is 22.3 Å². The average Bonchev–Trinajstić information content (AvgIpc) is 3.12. The summed E-state index contributed by atoms with van der Waals surface area (Å²) in [6, 6.07) is 15.6. The number of esters is 1. The van der Waals surface area contributed by atoms with Crippen LogP contribution in [0.15, 0.2) is 59.0 Å². The number of ether oxygens (including phenoxy) is 1. The van der Waals surface area contributed by atoms with Crippen LogP contribution in [-0.2, 0) is 9.53 Å². The highest BCUT2D eigenvalue weighted by atomic mass is 16.6. The van der Waals surface area contributed by atoms with E-state index in [9.17, 15) is 4.79 Å². The van der Waals surface area contributed by atoms with Crippen molar-refractivity contribution in [1.82, 2.24) is 10.2 Å². The fourth-order valence-corrected chi connectivity index (χ4v) is 2.41. The van der Waals surface area contributed by atoms with Crippen molar-refractivity contribution in [3.63, 3.8) is 0 Å². The zero-order valence-electron chi connectivity index (χ0n) is 15.0. The van der Waals surface area contributed by atoms with E-state index < -0.39 is 12.1 Å². The third-order valence-corrected chi connectivity index (χ3v) is 3.97. The molecule has 0 amide bonds. The molecule has 0 saturated carbocycles. The van der Waals surface area contributed by atoms with E-state index in [1.165, 1.54) is 6.08 Å². The summed E-state index contributed by atoms with van der Waals surface area (Å²) in [6.45, 7) is 5.69. The molecule has 1 atom stereocenters. The maximum atomic E-state index is 12.0. The molecule has 2 aromatic carbocycles. The third kappa shape index (κ3) is 4.25. The smallest absolute Gasteiger partial charge is 0.331 e. The first-order valence-corrected chi connectivity index (χ1v) is 8.37. The summed E-state index contributed by atoms with van der Waals surface area (Å²) < 4.78 is 11.0. The number of hydrogen-bond donors (Lipinski definition) is 0. The SMILES string of the molecule is Cc1ccc(-c2nnc([C@H](C)OC(=O)/C=C/c3ccccc3C)o2)cc1. The summed E-state index contributed by atoms with van der Waals surface area (Å²) in [5, 5.41) is 8.01. The van der Waals surface area contributed by atoms with Crippen molar-refractivity contribution in [1.29, 1.82) is 0 Å². The van der Waals surface area contributed by atoms with Crippen molar-refractivity contribution in [3.8, 4) is 11.5 Å². The summed E-state index contributed by atoms with van der Waals surface area (Å²) in [4.78, 5) is 12.0. The van der Waals surface area contributed by atoms with Crippen molar-refractivity contribution >= 4 is 12.0 Å². The van der Waals surface area contributed by atoms with E-state index in [4.69, 9.17) is 9.15 Å². The van der Waals surface area contributed by atoms with Crippen LogP contribution < -0.4 is 0 Å². The highest BCUT2D eigenvalue weighted by molar-refractivity contribution is 5.87. The van der Waals surface area contributed by atoms with E-state index in [1.54, 1.807) is 13.0 Å². The Hall–Kier alpha value is -3.21. The van der Waals surface area contributed by atoms with Crippen LogP contribution in [0.3, 0.4) is 0 Å². The molecule has 0 aliphatic carbocycles. The molecule has 1 aromatic heterocycles. The number of carbonyl (C=O) groups is 1. The first-order chi connectivity index (χ1) is 12.5. The third-order valence-electron chi connectivity index (χ3n) is 3.97. The van der Waals surface area contributed by atoms with E-state index in [2.05, 4.69) is 10.2 Å². The second-order valence-corrected chi connectivity index (χ2v) is 6.08. The Balaban J connectivity index is 1.64. The number of benzene rings is 2. The summed E-state index contributed by atoms with van der Waals surface area (Å²) in [5.74, 6) is 0.201. The van der Waals surface area contributed by atoms with Crippen molar-refractivity contribution in [2.24, 2.45) is 0 Å². The van der Waals surface area contributed by atoms with Gasteiger partial charge in [0.25, 0.3) is 5.89 Å². The molecule has 5 nitrogen and oxygen atoms in total. The highest BCUT2D eigenvalue weighted by Crippen LogP contribution is 2.22. The lowest BCUT2D eigenvalue weighted by molar-refractivity contribution is -0.143. The predicted octanol–water partition coefficient (Wildman–Crippen LogP) is 4.67. The lowest BCUT2D eigenvalue weighted by Crippen LogP contribution is -2.06. The van der Waals surface area contributed by atoms with Crippen LogP contribution in [0, 0.1) is 13.8 Å². The van der Waals surface area contributed by atoms with Crippen molar-refractivity contribution in [2.75, 3.05) is 0 Å². The van der Waals surface area contributed by atoms with Crippen LogP contribution in [0.1, 0.15) is 35.6 Å². The van der Waals surface area contributed by atoms with E-state index in [0.29, 0.717) is 5.89 Å². The second kappa shape index (κ2) is 7.78. The predicted molar refractivity (Wildman–Crippen MR) is 99.2 cm³/mol. The minimum Gasteiger partial charge on any atom is -0.449 e. The molecule has 1 heterocycles. The molecule has 0 radical (unpaired) electrons. The highest BCUT2D eigenvalue weighted by Gasteiger charge is 2.18. The van der Waals surface area contributed by atoms with Gasteiger partial charge < -0.3 is 9.15 Å². The molecule has 26 heavy (non-hydrogen) atoms. The second-order valence-electron chi connectivity index (χ2n) is 6.08. The number of rotatable bonds is 5. The van der Waals surface area contributed by atoms with Gasteiger partial charge in [0.1, 0.15) is 0 Å². The number of carbonyl (C=O) groups excluding carboxylic acids is 1. The van der Waals surface area contributed by atoms with E-state index in [-0.39, 0.29) is 5.89 Å². The van der Waals surface area contributed by atoms with Gasteiger partial charge in [-0.15, -0.1) is 10.2 Å². The fourth-order valence-electron chi connectivity index (χ4n) is 2.41. The van der Waals surface area contributed by atoms with Crippen LogP contribution in [0.5, 0.6) is 0 Å². The Labute approximate surface area is 152 Å². The quantitative estimate of drug-likeness (QED) is 0.495. The molecule has 3 rings (SSSR count). The standard InChI is InChI=1S/C21H20N2O3/c1-14-8-10-18(11-9-14)21-23-22-20(26-21)16(3)25-19(24)13-12-17-7-5-4-6-15(17)2/h4-13,16H,1-3H3/b13-12+/t16-/m0/s1. The first kappa shape index (κ1) is 17.6. The zero-order valence-corrected chi connectivity index (χ0v) is 15.0. The molecule has 132 valence electrons. The molecule has 0 bridgehead atoms. The maximum absolute atomic E-state index is 12.0. The number of hydrogen-bond acceptors (Lipinski definition) is 5. The topological polar surface area (TPSA) is 65.2 Å². The Bertz CT molecular complexity index is 926. The average molecular weight is 348 g/mol. The van der Waals surface area contributed by atoms with Crippen LogP contribution in [0.25, 0.3) is 17.5 Å². The molecule has 0 aliphatic rings. The van der Waals surface area contributed by atoms with Crippen LogP contribution in [0.4, 0.5) is 0 Å². The van der Waals surface area contributed by atoms with Crippen molar-refractivity contribution in [2.45, 2.75) is 26.9 Å². The van der Waals surface area contributed by atoms with Crippen LogP contribution in [-0.4, -0.2) is 16.2 Å². The Morgan fingerprint density at radius 1 is 1.08 bits per heavy atom. The Morgan fingerprint density at radius 2 is 1.81 bits per heavy atom. The van der Waals surface area contributed by atoms with Crippen LogP contribution in [0.2, 0.25) is 0 Å². The minimum atomic E-state index is -0.629. The minimum absolute atomic E-state index is 0.262. The molecule has 0 aliphatic heterocycles. The summed E-state index contributed by atoms with van der Waals surface area (Å²) in [5.41, 5.74) is 4.03. The molecular formula is C21H20N2O3. The van der Waals surface area contributed by atoms with E-state index in [1.807, 2.05) is 62.4 Å². The van der Waals surface area contributed by atoms with Gasteiger partial charge in [0, 0.05) is 11.6 Å². The fraction of sp³-hybridized carbons (Fsp3) is 0.190. The molecule has 0 fully saturated rings. The summed E-state index contributed by atoms with van der Waals surface area (Å²) in [6.07, 6.45) is 2.50. The summed E-state index contributed by atoms with van der Waals surface area (Å²) in [7, 11) is 0. The lowest BCUT2D eigenvalue weighted by Gasteiger charge is -2.07. The molecular weight excluding hydrogens is 328 g/mol. The maximum Gasteiger partial charge on any atom is 0.331 e. The molecule has 0 spiro atoms. The molecule has 0 N–H and O–H groups in total. The first-order valence-electron chi connectivity index (χ1n) is 8.37. The lowest BCUT2D eigenvalue weighted by atomic mass is 10.1. The van der Waals surface area contributed by atoms with E-state index >= 15 is 0 Å². The van der Waals surface area contributed by atoms with Crippen molar-refractivity contribution in [3.05, 3.63) is 77.2 Å². The van der Waals surface area contributed by atoms with Gasteiger partial charge in [-0.1, -0.05) is 42.0 Å². The number of aryl methyl sites for hydroxylation is 2. The van der Waals surface area contributed by atoms with Gasteiger partial charge in [-0.25, -0.2) is 4.79 Å². The summed E-state index contributed by atoms with van der Waals surface area (Å²) >= 11 is 0. The zero-order chi connectivity index (χ0) is 18.5. The van der Waals surface area contributed by atoms with Gasteiger partial charge >= 0.3 is 5.97 Å². The number of nitrogens with zero attached hydrogens (tertiary/aromatic N) is 2. The molecule has 0 unspecified atom stereocenters. The van der Waals surface area contributed by atoms with Crippen molar-refractivity contribution < 1.29 is 13.9 Å². The molecule has 0 saturated heterocycles. The Morgan fingerprint density at radius 3 is 2.54 bits per heavy atom. The van der Waals surface area contributed by atoms with Gasteiger partial charge in [-0.2, -0.15) is 0 Å². The van der Waals surface area contributed by atoms with Gasteiger partial charge in [-0.3, -0.25) is 0 Å².